The first kappa shape index (κ1) is 17.1. The van der Waals surface area contributed by atoms with E-state index in [1.165, 1.54) is 0 Å². The summed E-state index contributed by atoms with van der Waals surface area (Å²) in [6.45, 7) is 2.11. The van der Waals surface area contributed by atoms with E-state index in [2.05, 4.69) is 4.99 Å². The van der Waals surface area contributed by atoms with Crippen LogP contribution in [0.3, 0.4) is 0 Å². The SMILES string of the molecule is CCOC1=C(N)OC2=C(C(=O)CN=C2Cl)C1c1ccc(Cl)c(Cl)c1. The fourth-order valence-electron chi connectivity index (χ4n) is 2.68. The number of ether oxygens (including phenoxy) is 2. The second kappa shape index (κ2) is 6.67. The molecule has 0 amide bonds. The normalized spacial score (nSPS) is 20.6. The molecule has 5 nitrogen and oxygen atoms in total. The zero-order valence-corrected chi connectivity index (χ0v) is 14.9. The smallest absolute Gasteiger partial charge is 0.230 e. The molecule has 8 heteroatoms. The first-order chi connectivity index (χ1) is 11.4. The van der Waals surface area contributed by atoms with Gasteiger partial charge in [0.05, 0.1) is 28.1 Å². The van der Waals surface area contributed by atoms with E-state index in [9.17, 15) is 4.79 Å². The van der Waals surface area contributed by atoms with Gasteiger partial charge in [-0.15, -0.1) is 0 Å². The van der Waals surface area contributed by atoms with Crippen molar-refractivity contribution in [3.8, 4) is 0 Å². The summed E-state index contributed by atoms with van der Waals surface area (Å²) in [5.41, 5.74) is 7.04. The number of dihydropyridines is 1. The summed E-state index contributed by atoms with van der Waals surface area (Å²) < 4.78 is 11.2. The van der Waals surface area contributed by atoms with Gasteiger partial charge < -0.3 is 15.2 Å². The average molecular weight is 388 g/mol. The molecule has 1 atom stereocenters. The molecular formula is C16H13Cl3N2O3. The van der Waals surface area contributed by atoms with Crippen molar-refractivity contribution >= 4 is 45.8 Å². The monoisotopic (exact) mass is 386 g/mol. The predicted molar refractivity (Wildman–Crippen MR) is 93.3 cm³/mol. The summed E-state index contributed by atoms with van der Waals surface area (Å²) in [4.78, 5) is 16.4. The Morgan fingerprint density at radius 1 is 1.33 bits per heavy atom. The third-order valence-corrected chi connectivity index (χ3v) is 4.71. The number of Topliss-reactive ketones (excluding diaryl/α,β-unsaturated/α-hetero) is 1. The number of carbonyl (C=O) groups excluding carboxylic acids is 1. The summed E-state index contributed by atoms with van der Waals surface area (Å²) in [5.74, 6) is -0.260. The number of carbonyl (C=O) groups is 1. The van der Waals surface area contributed by atoms with E-state index in [4.69, 9.17) is 50.0 Å². The van der Waals surface area contributed by atoms with E-state index < -0.39 is 5.92 Å². The summed E-state index contributed by atoms with van der Waals surface area (Å²) >= 11 is 18.2. The molecule has 1 aromatic carbocycles. The van der Waals surface area contributed by atoms with E-state index in [0.29, 0.717) is 33.5 Å². The molecule has 0 radical (unpaired) electrons. The topological polar surface area (TPSA) is 73.9 Å². The van der Waals surface area contributed by atoms with Gasteiger partial charge in [0.1, 0.15) is 6.54 Å². The highest BCUT2D eigenvalue weighted by Gasteiger charge is 2.40. The van der Waals surface area contributed by atoms with Crippen molar-refractivity contribution in [3.05, 3.63) is 56.8 Å². The van der Waals surface area contributed by atoms with Crippen LogP contribution in [0.5, 0.6) is 0 Å². The maximum atomic E-state index is 12.5. The van der Waals surface area contributed by atoms with Gasteiger partial charge in [0, 0.05) is 0 Å². The Morgan fingerprint density at radius 3 is 2.75 bits per heavy atom. The molecule has 0 fully saturated rings. The Balaban J connectivity index is 2.21. The molecule has 2 aliphatic heterocycles. The summed E-state index contributed by atoms with van der Waals surface area (Å²) in [7, 11) is 0. The zero-order chi connectivity index (χ0) is 17.4. The van der Waals surface area contributed by atoms with Crippen LogP contribution in [0, 0.1) is 0 Å². The third kappa shape index (κ3) is 2.88. The lowest BCUT2D eigenvalue weighted by atomic mass is 9.84. The molecular weight excluding hydrogens is 375 g/mol. The van der Waals surface area contributed by atoms with Gasteiger partial charge in [-0.05, 0) is 24.6 Å². The molecule has 1 aromatic rings. The summed E-state index contributed by atoms with van der Waals surface area (Å²) in [5, 5.41) is 0.875. The van der Waals surface area contributed by atoms with E-state index in [1.54, 1.807) is 18.2 Å². The van der Waals surface area contributed by atoms with Crippen LogP contribution in [0.1, 0.15) is 18.4 Å². The van der Waals surface area contributed by atoms with Crippen LogP contribution in [0.25, 0.3) is 0 Å². The van der Waals surface area contributed by atoms with Crippen molar-refractivity contribution in [2.75, 3.05) is 13.2 Å². The van der Waals surface area contributed by atoms with Crippen LogP contribution in [0.4, 0.5) is 0 Å². The van der Waals surface area contributed by atoms with Crippen LogP contribution in [0.15, 0.2) is 46.2 Å². The number of hydrogen-bond donors (Lipinski definition) is 1. The molecule has 0 spiro atoms. The van der Waals surface area contributed by atoms with Gasteiger partial charge in [-0.3, -0.25) is 9.79 Å². The number of rotatable bonds is 3. The van der Waals surface area contributed by atoms with Crippen LogP contribution < -0.4 is 5.73 Å². The van der Waals surface area contributed by atoms with E-state index in [-0.39, 0.29) is 29.1 Å². The Morgan fingerprint density at radius 2 is 2.08 bits per heavy atom. The maximum absolute atomic E-state index is 12.5. The summed E-state index contributed by atoms with van der Waals surface area (Å²) in [6, 6.07) is 5.08. The lowest BCUT2D eigenvalue weighted by Crippen LogP contribution is -2.31. The lowest BCUT2D eigenvalue weighted by Gasteiger charge is -2.31. The second-order valence-electron chi connectivity index (χ2n) is 5.14. The molecule has 24 heavy (non-hydrogen) atoms. The molecule has 2 heterocycles. The number of benzene rings is 1. The first-order valence-electron chi connectivity index (χ1n) is 7.17. The lowest BCUT2D eigenvalue weighted by molar-refractivity contribution is -0.115. The Bertz CT molecular complexity index is 815. The first-order valence-corrected chi connectivity index (χ1v) is 8.30. The van der Waals surface area contributed by atoms with Gasteiger partial charge in [0.25, 0.3) is 0 Å². The molecule has 1 unspecified atom stereocenters. The molecule has 0 bridgehead atoms. The molecule has 0 saturated heterocycles. The summed E-state index contributed by atoms with van der Waals surface area (Å²) in [6.07, 6.45) is 0. The number of allylic oxidation sites excluding steroid dienone is 2. The van der Waals surface area contributed by atoms with Gasteiger partial charge >= 0.3 is 0 Å². The van der Waals surface area contributed by atoms with Gasteiger partial charge in [-0.25, -0.2) is 0 Å². The van der Waals surface area contributed by atoms with Crippen molar-refractivity contribution in [1.29, 1.82) is 0 Å². The molecule has 2 N–H and O–H groups in total. The molecule has 2 aliphatic rings. The quantitative estimate of drug-likeness (QED) is 0.857. The van der Waals surface area contributed by atoms with Crippen LogP contribution >= 0.6 is 34.8 Å². The van der Waals surface area contributed by atoms with Crippen LogP contribution in [-0.4, -0.2) is 24.1 Å². The van der Waals surface area contributed by atoms with E-state index in [0.717, 1.165) is 0 Å². The van der Waals surface area contributed by atoms with Gasteiger partial charge in [-0.2, -0.15) is 0 Å². The minimum absolute atomic E-state index is 0.0368. The highest BCUT2D eigenvalue weighted by Crippen LogP contribution is 2.43. The van der Waals surface area contributed by atoms with Crippen molar-refractivity contribution in [1.82, 2.24) is 0 Å². The van der Waals surface area contributed by atoms with E-state index >= 15 is 0 Å². The van der Waals surface area contributed by atoms with Crippen LogP contribution in [0.2, 0.25) is 10.0 Å². The number of aliphatic imine (C=N–C) groups is 1. The largest absolute Gasteiger partial charge is 0.492 e. The number of nitrogens with zero attached hydrogens (tertiary/aromatic N) is 1. The fourth-order valence-corrected chi connectivity index (χ4v) is 3.19. The van der Waals surface area contributed by atoms with E-state index in [1.807, 2.05) is 6.92 Å². The second-order valence-corrected chi connectivity index (χ2v) is 6.32. The standard InChI is InChI=1S/C16H13Cl3N2O3/c1-2-23-14-11(7-3-4-8(17)9(18)5-7)12-10(22)6-21-15(19)13(12)24-16(14)20/h3-5,11H,2,6,20H2,1H3. The molecule has 0 saturated carbocycles. The predicted octanol–water partition coefficient (Wildman–Crippen LogP) is 3.75. The zero-order valence-electron chi connectivity index (χ0n) is 12.6. The fraction of sp³-hybridized carbons (Fsp3) is 0.250. The highest BCUT2D eigenvalue weighted by molar-refractivity contribution is 6.70. The highest BCUT2D eigenvalue weighted by atomic mass is 35.5. The molecule has 0 aromatic heterocycles. The van der Waals surface area contributed by atoms with Crippen molar-refractivity contribution < 1.29 is 14.3 Å². The minimum atomic E-state index is -0.583. The number of nitrogens with two attached hydrogens (primary N) is 1. The van der Waals surface area contributed by atoms with Crippen molar-refractivity contribution in [2.24, 2.45) is 10.7 Å². The van der Waals surface area contributed by atoms with Gasteiger partial charge in [0.15, 0.2) is 22.5 Å². The van der Waals surface area contributed by atoms with Crippen molar-refractivity contribution in [2.45, 2.75) is 12.8 Å². The number of ketones is 1. The third-order valence-electron chi connectivity index (χ3n) is 3.68. The van der Waals surface area contributed by atoms with Crippen LogP contribution in [-0.2, 0) is 14.3 Å². The van der Waals surface area contributed by atoms with Crippen molar-refractivity contribution in [3.63, 3.8) is 0 Å². The number of halogens is 3. The Hall–Kier alpha value is -1.69. The average Bonchev–Trinajstić information content (AvgIpc) is 2.55. The Kier molecular flexibility index (Phi) is 4.76. The van der Waals surface area contributed by atoms with Gasteiger partial charge in [-0.1, -0.05) is 40.9 Å². The molecule has 0 aliphatic carbocycles. The molecule has 126 valence electrons. The molecule has 3 rings (SSSR count). The number of hydrogen-bond acceptors (Lipinski definition) is 5. The minimum Gasteiger partial charge on any atom is -0.492 e. The van der Waals surface area contributed by atoms with Gasteiger partial charge in [0.2, 0.25) is 5.88 Å². The maximum Gasteiger partial charge on any atom is 0.230 e. The Labute approximate surface area is 153 Å².